The molecule has 0 radical (unpaired) electrons. The molecule has 3 nitrogen and oxygen atoms in total. The number of halogens is 2. The van der Waals surface area contributed by atoms with Gasteiger partial charge in [0.1, 0.15) is 29.7 Å². The van der Waals surface area contributed by atoms with E-state index < -0.39 is 11.6 Å². The Hall–Kier alpha value is -3.21. The molecule has 0 aliphatic carbocycles. The van der Waals surface area contributed by atoms with Crippen LogP contribution in [-0.2, 0) is 6.61 Å². The smallest absolute Gasteiger partial charge is 0.153 e. The topological polar surface area (TPSA) is 46.5 Å². The summed E-state index contributed by atoms with van der Waals surface area (Å²) in [6.07, 6.45) is 0.524. The van der Waals surface area contributed by atoms with Crippen molar-refractivity contribution in [2.45, 2.75) is 6.61 Å². The monoisotopic (exact) mass is 340 g/mol. The van der Waals surface area contributed by atoms with Gasteiger partial charge in [-0.3, -0.25) is 4.79 Å². The summed E-state index contributed by atoms with van der Waals surface area (Å²) >= 11 is 0. The molecule has 0 saturated carbocycles. The molecule has 25 heavy (non-hydrogen) atoms. The quantitative estimate of drug-likeness (QED) is 0.683. The maximum atomic E-state index is 14.7. The summed E-state index contributed by atoms with van der Waals surface area (Å²) in [5.41, 5.74) is 0.716. The molecule has 0 atom stereocenters. The van der Waals surface area contributed by atoms with Crippen LogP contribution in [0.3, 0.4) is 0 Å². The Kier molecular flexibility index (Phi) is 4.75. The van der Waals surface area contributed by atoms with Crippen molar-refractivity contribution in [2.75, 3.05) is 0 Å². The van der Waals surface area contributed by atoms with E-state index in [4.69, 9.17) is 4.74 Å². The number of carbonyl (C=O) groups is 1. The highest BCUT2D eigenvalue weighted by Gasteiger charge is 2.13. The van der Waals surface area contributed by atoms with Crippen LogP contribution in [0, 0.1) is 11.6 Å². The molecule has 0 saturated heterocycles. The molecule has 0 heterocycles. The number of phenols is 1. The predicted octanol–water partition coefficient (Wildman–Crippen LogP) is 4.73. The highest BCUT2D eigenvalue weighted by Crippen LogP contribution is 2.28. The number of benzene rings is 3. The molecule has 3 aromatic rings. The fraction of sp³-hybridized carbons (Fsp3) is 0.0500. The first-order valence-electron chi connectivity index (χ1n) is 7.53. The third kappa shape index (κ3) is 3.50. The van der Waals surface area contributed by atoms with E-state index in [9.17, 15) is 18.7 Å². The number of hydrogen-bond donors (Lipinski definition) is 1. The highest BCUT2D eigenvalue weighted by atomic mass is 19.1. The third-order valence-corrected chi connectivity index (χ3v) is 3.77. The predicted molar refractivity (Wildman–Crippen MR) is 89.6 cm³/mol. The first kappa shape index (κ1) is 16.6. The lowest BCUT2D eigenvalue weighted by Crippen LogP contribution is -2.01. The number of phenolic OH excluding ortho intramolecular Hbond substituents is 1. The summed E-state index contributed by atoms with van der Waals surface area (Å²) in [6, 6.07) is 14.8. The lowest BCUT2D eigenvalue weighted by Gasteiger charge is -2.11. The van der Waals surface area contributed by atoms with Gasteiger partial charge < -0.3 is 9.84 Å². The maximum Gasteiger partial charge on any atom is 0.153 e. The van der Waals surface area contributed by atoms with Gasteiger partial charge in [-0.25, -0.2) is 8.78 Å². The van der Waals surface area contributed by atoms with Gasteiger partial charge >= 0.3 is 0 Å². The zero-order valence-electron chi connectivity index (χ0n) is 13.1. The van der Waals surface area contributed by atoms with E-state index in [1.54, 1.807) is 24.3 Å². The fourth-order valence-corrected chi connectivity index (χ4v) is 2.45. The summed E-state index contributed by atoms with van der Waals surface area (Å²) in [5, 5.41) is 9.64. The van der Waals surface area contributed by atoms with Crippen LogP contribution in [0.1, 0.15) is 15.9 Å². The van der Waals surface area contributed by atoms with Crippen molar-refractivity contribution in [3.8, 4) is 22.6 Å². The number of ether oxygens (including phenoxy) is 1. The van der Waals surface area contributed by atoms with Crippen LogP contribution < -0.4 is 4.74 Å². The molecule has 0 fully saturated rings. The van der Waals surface area contributed by atoms with Gasteiger partial charge in [0.2, 0.25) is 0 Å². The van der Waals surface area contributed by atoms with Gasteiger partial charge in [-0.05, 0) is 18.2 Å². The SMILES string of the molecule is O=Cc1ccc(OCc2cccc(-c3ccccc3F)c2F)cc1O. The fourth-order valence-electron chi connectivity index (χ4n) is 2.45. The molecule has 126 valence electrons. The Balaban J connectivity index is 1.84. The van der Waals surface area contributed by atoms with Crippen molar-refractivity contribution >= 4 is 6.29 Å². The number of carbonyl (C=O) groups excluding carboxylic acids is 1. The largest absolute Gasteiger partial charge is 0.507 e. The number of aromatic hydroxyl groups is 1. The molecule has 1 N–H and O–H groups in total. The van der Waals surface area contributed by atoms with Crippen LogP contribution >= 0.6 is 0 Å². The molecule has 0 unspecified atom stereocenters. The van der Waals surface area contributed by atoms with Crippen LogP contribution in [0.15, 0.2) is 60.7 Å². The lowest BCUT2D eigenvalue weighted by molar-refractivity contribution is 0.112. The second-order valence-corrected chi connectivity index (χ2v) is 5.39. The summed E-state index contributed by atoms with van der Waals surface area (Å²) in [7, 11) is 0. The van der Waals surface area contributed by atoms with E-state index in [1.807, 2.05) is 0 Å². The first-order valence-corrected chi connectivity index (χ1v) is 7.53. The van der Waals surface area contributed by atoms with E-state index in [-0.39, 0.29) is 34.6 Å². The minimum atomic E-state index is -0.568. The van der Waals surface area contributed by atoms with Crippen LogP contribution in [0.25, 0.3) is 11.1 Å². The van der Waals surface area contributed by atoms with E-state index in [0.717, 1.165) is 0 Å². The van der Waals surface area contributed by atoms with Gasteiger partial charge in [-0.2, -0.15) is 0 Å². The number of aldehydes is 1. The summed E-state index contributed by atoms with van der Waals surface area (Å²) < 4.78 is 34.1. The summed E-state index contributed by atoms with van der Waals surface area (Å²) in [5.74, 6) is -0.998. The second kappa shape index (κ2) is 7.13. The van der Waals surface area contributed by atoms with Crippen molar-refractivity contribution in [3.05, 3.63) is 83.4 Å². The van der Waals surface area contributed by atoms with Gasteiger partial charge in [0, 0.05) is 22.8 Å². The number of hydrogen-bond acceptors (Lipinski definition) is 3. The highest BCUT2D eigenvalue weighted by molar-refractivity contribution is 5.79. The minimum Gasteiger partial charge on any atom is -0.507 e. The Bertz CT molecular complexity index is 923. The molecular formula is C20H14F2O3. The van der Waals surface area contributed by atoms with Crippen molar-refractivity contribution in [1.29, 1.82) is 0 Å². The van der Waals surface area contributed by atoms with E-state index in [1.165, 1.54) is 36.4 Å². The lowest BCUT2D eigenvalue weighted by atomic mass is 10.0. The molecule has 3 rings (SSSR count). The average Bonchev–Trinajstić information content (AvgIpc) is 2.62. The molecule has 0 spiro atoms. The Morgan fingerprint density at radius 1 is 0.960 bits per heavy atom. The normalized spacial score (nSPS) is 10.5. The zero-order chi connectivity index (χ0) is 17.8. The van der Waals surface area contributed by atoms with E-state index >= 15 is 0 Å². The summed E-state index contributed by atoms with van der Waals surface area (Å²) in [4.78, 5) is 10.7. The van der Waals surface area contributed by atoms with Crippen molar-refractivity contribution in [2.24, 2.45) is 0 Å². The third-order valence-electron chi connectivity index (χ3n) is 3.77. The number of rotatable bonds is 5. The molecule has 0 aliphatic rings. The summed E-state index contributed by atoms with van der Waals surface area (Å²) in [6.45, 7) is -0.103. The molecule has 3 aromatic carbocycles. The van der Waals surface area contributed by atoms with Crippen LogP contribution in [0.5, 0.6) is 11.5 Å². The van der Waals surface area contributed by atoms with Crippen molar-refractivity contribution in [3.63, 3.8) is 0 Å². The average molecular weight is 340 g/mol. The molecular weight excluding hydrogens is 326 g/mol. The Labute approximate surface area is 143 Å². The van der Waals surface area contributed by atoms with Gasteiger partial charge in [0.15, 0.2) is 6.29 Å². The van der Waals surface area contributed by atoms with Crippen molar-refractivity contribution in [1.82, 2.24) is 0 Å². The molecule has 0 bridgehead atoms. The van der Waals surface area contributed by atoms with Gasteiger partial charge in [-0.1, -0.05) is 36.4 Å². The second-order valence-electron chi connectivity index (χ2n) is 5.39. The Morgan fingerprint density at radius 2 is 1.72 bits per heavy atom. The minimum absolute atomic E-state index is 0.103. The zero-order valence-corrected chi connectivity index (χ0v) is 13.1. The van der Waals surface area contributed by atoms with Gasteiger partial charge in [-0.15, -0.1) is 0 Å². The van der Waals surface area contributed by atoms with Crippen LogP contribution in [-0.4, -0.2) is 11.4 Å². The maximum absolute atomic E-state index is 14.7. The van der Waals surface area contributed by atoms with Gasteiger partial charge in [0.05, 0.1) is 5.56 Å². The van der Waals surface area contributed by atoms with E-state index in [2.05, 4.69) is 0 Å². The molecule has 0 aromatic heterocycles. The molecule has 0 aliphatic heterocycles. The molecule has 5 heteroatoms. The first-order chi connectivity index (χ1) is 12.1. The van der Waals surface area contributed by atoms with Crippen LogP contribution in [0.4, 0.5) is 8.78 Å². The van der Waals surface area contributed by atoms with Crippen LogP contribution in [0.2, 0.25) is 0 Å². The van der Waals surface area contributed by atoms with Gasteiger partial charge in [0.25, 0.3) is 0 Å². The molecule has 0 amide bonds. The standard InChI is InChI=1S/C20H14F2O3/c21-18-7-2-1-5-16(18)17-6-3-4-14(20(17)22)12-25-15-9-8-13(11-23)19(24)10-15/h1-11,24H,12H2. The van der Waals surface area contributed by atoms with Crippen molar-refractivity contribution < 1.29 is 23.4 Å². The van der Waals surface area contributed by atoms with E-state index in [0.29, 0.717) is 12.0 Å². The Morgan fingerprint density at radius 3 is 2.44 bits per heavy atom.